The van der Waals surface area contributed by atoms with E-state index < -0.39 is 65.0 Å². The molecule has 1 saturated carbocycles. The summed E-state index contributed by atoms with van der Waals surface area (Å²) in [5, 5.41) is 0. The van der Waals surface area contributed by atoms with Gasteiger partial charge in [-0.2, -0.15) is 17.6 Å². The minimum Gasteiger partial charge on any atom is -0.429 e. The van der Waals surface area contributed by atoms with Gasteiger partial charge in [-0.15, -0.1) is 13.2 Å². The van der Waals surface area contributed by atoms with Gasteiger partial charge in [-0.1, -0.05) is 56.9 Å². The number of halogens is 11. The van der Waals surface area contributed by atoms with Gasteiger partial charge >= 0.3 is 18.6 Å². The Morgan fingerprint density at radius 1 is 0.653 bits per heavy atom. The van der Waals surface area contributed by atoms with Crippen LogP contribution in [0.25, 0.3) is 11.1 Å². The molecule has 49 heavy (non-hydrogen) atoms. The average molecular weight is 713 g/mol. The van der Waals surface area contributed by atoms with Crippen LogP contribution in [0.4, 0.5) is 48.3 Å². The highest BCUT2D eigenvalue weighted by molar-refractivity contribution is 5.64. The summed E-state index contributed by atoms with van der Waals surface area (Å²) in [6.07, 6.45) is -10.1. The summed E-state index contributed by atoms with van der Waals surface area (Å²) in [7, 11) is 0. The van der Waals surface area contributed by atoms with Gasteiger partial charge in [0.15, 0.2) is 6.29 Å². The fourth-order valence-electron chi connectivity index (χ4n) is 6.47. The lowest BCUT2D eigenvalue weighted by Gasteiger charge is -2.37. The van der Waals surface area contributed by atoms with Crippen molar-refractivity contribution in [2.75, 3.05) is 13.2 Å². The summed E-state index contributed by atoms with van der Waals surface area (Å²) in [6.45, 7) is 3.23. The maximum atomic E-state index is 14.9. The molecule has 5 rings (SSSR count). The first-order valence-corrected chi connectivity index (χ1v) is 15.5. The van der Waals surface area contributed by atoms with Crippen molar-refractivity contribution in [2.45, 2.75) is 70.3 Å². The lowest BCUT2D eigenvalue weighted by Crippen LogP contribution is -2.34. The Morgan fingerprint density at radius 3 is 1.67 bits per heavy atom. The van der Waals surface area contributed by atoms with Gasteiger partial charge in [0.1, 0.15) is 40.1 Å². The van der Waals surface area contributed by atoms with Gasteiger partial charge in [0.25, 0.3) is 0 Å². The Bertz CT molecular complexity index is 1550. The molecule has 4 nitrogen and oxygen atoms in total. The van der Waals surface area contributed by atoms with Crippen LogP contribution >= 0.6 is 0 Å². The lowest BCUT2D eigenvalue weighted by molar-refractivity contribution is -0.432. The van der Waals surface area contributed by atoms with Gasteiger partial charge in [0, 0.05) is 23.6 Å². The fraction of sp³-hybridized carbons (Fsp3) is 0.471. The van der Waals surface area contributed by atoms with Gasteiger partial charge in [-0.3, -0.25) is 0 Å². The first-order valence-electron chi connectivity index (χ1n) is 15.5. The smallest absolute Gasteiger partial charge is 0.429 e. The molecule has 0 radical (unpaired) electrons. The Morgan fingerprint density at radius 2 is 1.16 bits per heavy atom. The summed E-state index contributed by atoms with van der Waals surface area (Å²) in [5.41, 5.74) is -3.87. The third-order valence-corrected chi connectivity index (χ3v) is 8.82. The van der Waals surface area contributed by atoms with Gasteiger partial charge in [-0.25, -0.2) is 22.3 Å². The molecule has 0 amide bonds. The SMILES string of the molecule is CCCC1CCC(C2COC(c3ccc(-c4cc(F)c(C(F)(F)Oc5cc(F)c(C(F)(F)OC(F)(F)F)c(F)c5)c(F)c4)cc3)OC2)CC1. The van der Waals surface area contributed by atoms with E-state index in [0.717, 1.165) is 18.8 Å². The molecular weight excluding hydrogens is 681 g/mol. The van der Waals surface area contributed by atoms with Crippen LogP contribution in [0.3, 0.4) is 0 Å². The molecule has 1 heterocycles. The Balaban J connectivity index is 1.25. The second-order valence-corrected chi connectivity index (χ2v) is 12.2. The van der Waals surface area contributed by atoms with E-state index in [2.05, 4.69) is 16.4 Å². The highest BCUT2D eigenvalue weighted by Crippen LogP contribution is 2.43. The Kier molecular flexibility index (Phi) is 10.9. The van der Waals surface area contributed by atoms with Crippen LogP contribution < -0.4 is 4.74 Å². The van der Waals surface area contributed by atoms with E-state index in [0.29, 0.717) is 36.8 Å². The number of hydrogen-bond donors (Lipinski definition) is 0. The molecule has 2 aliphatic rings. The zero-order valence-electron chi connectivity index (χ0n) is 25.9. The zero-order chi connectivity index (χ0) is 35.7. The Hall–Kier alpha value is -3.43. The lowest BCUT2D eigenvalue weighted by atomic mass is 9.75. The number of ether oxygens (including phenoxy) is 4. The van der Waals surface area contributed by atoms with Gasteiger partial charge in [0.05, 0.1) is 13.2 Å². The number of hydrogen-bond acceptors (Lipinski definition) is 4. The minimum absolute atomic E-state index is 0.168. The van der Waals surface area contributed by atoms with E-state index in [9.17, 15) is 48.3 Å². The first-order chi connectivity index (χ1) is 23.0. The van der Waals surface area contributed by atoms with E-state index in [1.807, 2.05) is 0 Å². The van der Waals surface area contributed by atoms with Crippen LogP contribution in [-0.2, 0) is 26.4 Å². The summed E-state index contributed by atoms with van der Waals surface area (Å²) < 4.78 is 170. The molecule has 0 N–H and O–H groups in total. The van der Waals surface area contributed by atoms with Crippen molar-refractivity contribution in [3.63, 3.8) is 0 Å². The largest absolute Gasteiger partial charge is 0.527 e. The number of rotatable bonds is 10. The third-order valence-electron chi connectivity index (χ3n) is 8.82. The summed E-state index contributed by atoms with van der Waals surface area (Å²) in [4.78, 5) is 0. The molecule has 2 fully saturated rings. The standard InChI is InChI=1S/C34H31F11O4/c1-2-3-18-4-6-20(7-5-18)23-16-46-31(47-17-23)21-10-8-19(9-11-21)22-12-25(35)29(26(36)13-22)32(39,40)48-24-14-27(37)30(28(38)15-24)33(41,42)49-34(43,44)45/h8-15,18,20,23,31H,2-7,16-17H2,1H3. The van der Waals surface area contributed by atoms with E-state index >= 15 is 0 Å². The van der Waals surface area contributed by atoms with E-state index in [1.165, 1.54) is 37.8 Å². The van der Waals surface area contributed by atoms with Crippen molar-refractivity contribution in [3.05, 3.63) is 88.5 Å². The normalized spacial score (nSPS) is 22.3. The molecule has 0 bridgehead atoms. The summed E-state index contributed by atoms with van der Waals surface area (Å²) in [6, 6.07) is 6.60. The zero-order valence-corrected chi connectivity index (χ0v) is 25.9. The van der Waals surface area contributed by atoms with Crippen LogP contribution in [-0.4, -0.2) is 19.6 Å². The molecule has 0 spiro atoms. The van der Waals surface area contributed by atoms with E-state index in [4.69, 9.17) is 9.47 Å². The maximum absolute atomic E-state index is 14.9. The molecule has 15 heteroatoms. The summed E-state index contributed by atoms with van der Waals surface area (Å²) in [5.74, 6) is -8.57. The topological polar surface area (TPSA) is 36.9 Å². The predicted octanol–water partition coefficient (Wildman–Crippen LogP) is 10.9. The average Bonchev–Trinajstić information content (AvgIpc) is 2.99. The Labute approximate surface area is 274 Å². The molecule has 3 aromatic rings. The van der Waals surface area contributed by atoms with Crippen molar-refractivity contribution in [1.82, 2.24) is 0 Å². The van der Waals surface area contributed by atoms with E-state index in [-0.39, 0.29) is 29.2 Å². The molecule has 1 aliphatic carbocycles. The first kappa shape index (κ1) is 36.8. The van der Waals surface area contributed by atoms with Crippen LogP contribution in [0.15, 0.2) is 48.5 Å². The monoisotopic (exact) mass is 712 g/mol. The second-order valence-electron chi connectivity index (χ2n) is 12.2. The quantitative estimate of drug-likeness (QED) is 0.196. The number of alkyl halides is 7. The number of benzene rings is 3. The molecule has 3 aromatic carbocycles. The molecule has 0 aromatic heterocycles. The van der Waals surface area contributed by atoms with Crippen molar-refractivity contribution >= 4 is 0 Å². The molecule has 1 saturated heterocycles. The fourth-order valence-corrected chi connectivity index (χ4v) is 6.47. The van der Waals surface area contributed by atoms with Crippen LogP contribution in [0.2, 0.25) is 0 Å². The van der Waals surface area contributed by atoms with Crippen LogP contribution in [0.1, 0.15) is 68.4 Å². The maximum Gasteiger partial charge on any atom is 0.527 e. The second kappa shape index (κ2) is 14.4. The van der Waals surface area contributed by atoms with E-state index in [1.54, 1.807) is 12.1 Å². The highest BCUT2D eigenvalue weighted by Gasteiger charge is 2.50. The van der Waals surface area contributed by atoms with Crippen molar-refractivity contribution in [2.24, 2.45) is 17.8 Å². The van der Waals surface area contributed by atoms with Crippen LogP contribution in [0.5, 0.6) is 5.75 Å². The molecular formula is C34H31F11O4. The van der Waals surface area contributed by atoms with Crippen molar-refractivity contribution in [1.29, 1.82) is 0 Å². The molecule has 0 atom stereocenters. The summed E-state index contributed by atoms with van der Waals surface area (Å²) >= 11 is 0. The van der Waals surface area contributed by atoms with Crippen molar-refractivity contribution < 1.29 is 67.2 Å². The highest BCUT2D eigenvalue weighted by atomic mass is 19.4. The minimum atomic E-state index is -6.03. The van der Waals surface area contributed by atoms with Gasteiger partial charge in [0.2, 0.25) is 0 Å². The molecule has 0 unspecified atom stereocenters. The molecule has 1 aliphatic heterocycles. The van der Waals surface area contributed by atoms with Crippen molar-refractivity contribution in [3.8, 4) is 16.9 Å². The van der Waals surface area contributed by atoms with Gasteiger partial charge < -0.3 is 14.2 Å². The van der Waals surface area contributed by atoms with Crippen LogP contribution in [0, 0.1) is 41.0 Å². The predicted molar refractivity (Wildman–Crippen MR) is 152 cm³/mol. The van der Waals surface area contributed by atoms with Gasteiger partial charge in [-0.05, 0) is 47.9 Å². The molecule has 268 valence electrons. The third kappa shape index (κ3) is 8.66.